The molecule has 0 fully saturated rings. The zero-order valence-electron chi connectivity index (χ0n) is 15.7. The lowest BCUT2D eigenvalue weighted by Gasteiger charge is -2.11. The maximum Gasteiger partial charge on any atom is 0.227 e. The number of carbonyl (C=O) groups excluding carboxylic acids is 2. The van der Waals surface area contributed by atoms with E-state index in [1.54, 1.807) is 42.5 Å². The van der Waals surface area contributed by atoms with E-state index in [4.69, 9.17) is 16.1 Å². The van der Waals surface area contributed by atoms with Gasteiger partial charge in [-0.25, -0.2) is 0 Å². The lowest BCUT2D eigenvalue weighted by atomic mass is 10.0. The molecular weight excluding hydrogens is 422 g/mol. The standard InChI is InChI=1S/C22H16ClN3O3S/c23-15-8-9-17(16(13-15)21(28)14-5-2-1-3-6-14)24-19(27)10-11-20-25-22(26-29-20)18-7-4-12-30-18/h1-9,12-13H,10-11H2,(H,24,27). The van der Waals surface area contributed by atoms with Gasteiger partial charge in [0.2, 0.25) is 17.6 Å². The Labute approximate surface area is 181 Å². The molecule has 2 heterocycles. The first kappa shape index (κ1) is 20.0. The lowest BCUT2D eigenvalue weighted by Crippen LogP contribution is -2.15. The van der Waals surface area contributed by atoms with Crippen molar-refractivity contribution in [1.29, 1.82) is 0 Å². The first-order valence-electron chi connectivity index (χ1n) is 9.16. The summed E-state index contributed by atoms with van der Waals surface area (Å²) in [7, 11) is 0. The number of amides is 1. The maximum atomic E-state index is 12.9. The Morgan fingerprint density at radius 3 is 2.67 bits per heavy atom. The molecular formula is C22H16ClN3O3S. The van der Waals surface area contributed by atoms with E-state index in [9.17, 15) is 9.59 Å². The third-order valence-electron chi connectivity index (χ3n) is 4.31. The molecule has 0 unspecified atom stereocenters. The van der Waals surface area contributed by atoms with Crippen LogP contribution in [0.3, 0.4) is 0 Å². The smallest absolute Gasteiger partial charge is 0.227 e. The van der Waals surface area contributed by atoms with Crippen LogP contribution < -0.4 is 5.32 Å². The number of nitrogens with zero attached hydrogens (tertiary/aromatic N) is 2. The normalized spacial score (nSPS) is 10.7. The first-order chi connectivity index (χ1) is 14.6. The molecule has 0 aliphatic rings. The second-order valence-corrected chi connectivity index (χ2v) is 7.81. The van der Waals surface area contributed by atoms with E-state index in [2.05, 4.69) is 15.5 Å². The van der Waals surface area contributed by atoms with Crippen molar-refractivity contribution in [3.63, 3.8) is 0 Å². The number of ketones is 1. The Balaban J connectivity index is 1.44. The summed E-state index contributed by atoms with van der Waals surface area (Å²) in [5, 5.41) is 9.07. The van der Waals surface area contributed by atoms with Gasteiger partial charge < -0.3 is 9.84 Å². The zero-order chi connectivity index (χ0) is 20.9. The molecule has 0 aliphatic heterocycles. The van der Waals surface area contributed by atoms with Crippen molar-refractivity contribution in [3.05, 3.63) is 88.1 Å². The van der Waals surface area contributed by atoms with Crippen LogP contribution in [0.1, 0.15) is 28.2 Å². The highest BCUT2D eigenvalue weighted by molar-refractivity contribution is 7.13. The lowest BCUT2D eigenvalue weighted by molar-refractivity contribution is -0.116. The van der Waals surface area contributed by atoms with Gasteiger partial charge >= 0.3 is 0 Å². The highest BCUT2D eigenvalue weighted by Gasteiger charge is 2.17. The summed E-state index contributed by atoms with van der Waals surface area (Å²) in [6, 6.07) is 17.4. The molecule has 1 N–H and O–H groups in total. The number of anilines is 1. The number of aryl methyl sites for hydroxylation is 1. The number of halogens is 1. The van der Waals surface area contributed by atoms with E-state index >= 15 is 0 Å². The zero-order valence-corrected chi connectivity index (χ0v) is 17.2. The summed E-state index contributed by atoms with van der Waals surface area (Å²) >= 11 is 7.59. The molecule has 0 bridgehead atoms. The fourth-order valence-electron chi connectivity index (χ4n) is 2.85. The Morgan fingerprint density at radius 1 is 1.07 bits per heavy atom. The molecule has 8 heteroatoms. The van der Waals surface area contributed by atoms with Crippen LogP contribution >= 0.6 is 22.9 Å². The fourth-order valence-corrected chi connectivity index (χ4v) is 3.68. The number of aromatic nitrogens is 2. The van der Waals surface area contributed by atoms with Gasteiger partial charge in [0.1, 0.15) is 0 Å². The topological polar surface area (TPSA) is 85.1 Å². The van der Waals surface area contributed by atoms with E-state index in [-0.39, 0.29) is 18.1 Å². The van der Waals surface area contributed by atoms with Crippen molar-refractivity contribution < 1.29 is 14.1 Å². The molecule has 4 rings (SSSR count). The Morgan fingerprint density at radius 2 is 1.90 bits per heavy atom. The number of carbonyl (C=O) groups is 2. The molecule has 2 aromatic carbocycles. The number of nitrogens with one attached hydrogen (secondary N) is 1. The summed E-state index contributed by atoms with van der Waals surface area (Å²) in [6.07, 6.45) is 0.424. The minimum Gasteiger partial charge on any atom is -0.339 e. The van der Waals surface area contributed by atoms with Crippen LogP contribution in [0.15, 0.2) is 70.6 Å². The molecule has 0 aliphatic carbocycles. The molecule has 0 atom stereocenters. The van der Waals surface area contributed by atoms with Crippen molar-refractivity contribution in [2.45, 2.75) is 12.8 Å². The van der Waals surface area contributed by atoms with Gasteiger partial charge in [-0.1, -0.05) is 53.2 Å². The predicted molar refractivity (Wildman–Crippen MR) is 116 cm³/mol. The van der Waals surface area contributed by atoms with Gasteiger partial charge in [-0.3, -0.25) is 9.59 Å². The largest absolute Gasteiger partial charge is 0.339 e. The summed E-state index contributed by atoms with van der Waals surface area (Å²) in [4.78, 5) is 30.5. The quantitative estimate of drug-likeness (QED) is 0.399. The highest BCUT2D eigenvalue weighted by atomic mass is 35.5. The van der Waals surface area contributed by atoms with E-state index in [1.165, 1.54) is 11.3 Å². The van der Waals surface area contributed by atoms with Crippen LogP contribution in [-0.4, -0.2) is 21.8 Å². The van der Waals surface area contributed by atoms with Crippen molar-refractivity contribution in [3.8, 4) is 10.7 Å². The van der Waals surface area contributed by atoms with Crippen molar-refractivity contribution in [2.75, 3.05) is 5.32 Å². The first-order valence-corrected chi connectivity index (χ1v) is 10.4. The van der Waals surface area contributed by atoms with Gasteiger partial charge in [-0.15, -0.1) is 11.3 Å². The fraction of sp³-hybridized carbons (Fsp3) is 0.0909. The molecule has 30 heavy (non-hydrogen) atoms. The molecule has 0 saturated carbocycles. The van der Waals surface area contributed by atoms with E-state index in [0.717, 1.165) is 4.88 Å². The van der Waals surface area contributed by atoms with Crippen LogP contribution in [-0.2, 0) is 11.2 Å². The highest BCUT2D eigenvalue weighted by Crippen LogP contribution is 2.24. The average Bonchev–Trinajstić information content (AvgIpc) is 3.45. The van der Waals surface area contributed by atoms with E-state index in [0.29, 0.717) is 40.0 Å². The number of benzene rings is 2. The molecule has 2 aromatic heterocycles. The van der Waals surface area contributed by atoms with Crippen LogP contribution in [0.25, 0.3) is 10.7 Å². The van der Waals surface area contributed by atoms with Crippen LogP contribution in [0.4, 0.5) is 5.69 Å². The van der Waals surface area contributed by atoms with Crippen LogP contribution in [0, 0.1) is 0 Å². The van der Waals surface area contributed by atoms with Gasteiger partial charge in [0.25, 0.3) is 0 Å². The van der Waals surface area contributed by atoms with Crippen molar-refractivity contribution >= 4 is 40.3 Å². The maximum absolute atomic E-state index is 12.9. The third-order valence-corrected chi connectivity index (χ3v) is 5.41. The summed E-state index contributed by atoms with van der Waals surface area (Å²) in [6.45, 7) is 0. The molecule has 1 amide bonds. The SMILES string of the molecule is O=C(CCc1nc(-c2cccs2)no1)Nc1ccc(Cl)cc1C(=O)c1ccccc1. The van der Waals surface area contributed by atoms with Crippen LogP contribution in [0.2, 0.25) is 5.02 Å². The van der Waals surface area contributed by atoms with E-state index in [1.807, 2.05) is 23.6 Å². The minimum absolute atomic E-state index is 0.133. The number of hydrogen-bond donors (Lipinski definition) is 1. The van der Waals surface area contributed by atoms with Crippen molar-refractivity contribution in [2.24, 2.45) is 0 Å². The second-order valence-electron chi connectivity index (χ2n) is 6.42. The number of hydrogen-bond acceptors (Lipinski definition) is 6. The third kappa shape index (κ3) is 4.64. The Hall–Kier alpha value is -3.29. The summed E-state index contributed by atoms with van der Waals surface area (Å²) in [5.41, 5.74) is 1.25. The number of thiophene rings is 1. The Bertz CT molecular complexity index is 1170. The van der Waals surface area contributed by atoms with Gasteiger partial charge in [-0.05, 0) is 29.6 Å². The van der Waals surface area contributed by atoms with Gasteiger partial charge in [0.05, 0.1) is 10.6 Å². The average molecular weight is 438 g/mol. The second kappa shape index (κ2) is 9.02. The summed E-state index contributed by atoms with van der Waals surface area (Å²) < 4.78 is 5.22. The number of rotatable bonds is 7. The van der Waals surface area contributed by atoms with E-state index < -0.39 is 0 Å². The summed E-state index contributed by atoms with van der Waals surface area (Å²) in [5.74, 6) is 0.403. The molecule has 4 aromatic rings. The molecule has 0 radical (unpaired) electrons. The van der Waals surface area contributed by atoms with Crippen LogP contribution in [0.5, 0.6) is 0 Å². The minimum atomic E-state index is -0.268. The monoisotopic (exact) mass is 437 g/mol. The molecule has 0 spiro atoms. The Kier molecular flexibility index (Phi) is 6.02. The predicted octanol–water partition coefficient (Wildman–Crippen LogP) is 5.25. The van der Waals surface area contributed by atoms with Gasteiger partial charge in [0.15, 0.2) is 5.78 Å². The van der Waals surface area contributed by atoms with Gasteiger partial charge in [-0.2, -0.15) is 4.98 Å². The van der Waals surface area contributed by atoms with Gasteiger partial charge in [0, 0.05) is 29.0 Å². The molecule has 150 valence electrons. The van der Waals surface area contributed by atoms with Crippen molar-refractivity contribution in [1.82, 2.24) is 10.1 Å². The molecule has 0 saturated heterocycles. The molecule has 6 nitrogen and oxygen atoms in total.